The summed E-state index contributed by atoms with van der Waals surface area (Å²) in [5.74, 6) is 1.79. The number of fused-ring (bicyclic) bond motifs is 1. The number of nitrogens with one attached hydrogen (secondary N) is 1. The molecule has 0 bridgehead atoms. The number of thiophene rings is 1. The average molecular weight is 301 g/mol. The number of halogens is 1. The van der Waals surface area contributed by atoms with Gasteiger partial charge in [-0.1, -0.05) is 6.07 Å². The van der Waals surface area contributed by atoms with Crippen molar-refractivity contribution in [3.8, 4) is 0 Å². The van der Waals surface area contributed by atoms with Gasteiger partial charge in [-0.25, -0.2) is 0 Å². The van der Waals surface area contributed by atoms with Crippen LogP contribution in [-0.4, -0.2) is 37.0 Å². The molecule has 0 unspecified atom stereocenters. The number of hydrogen-bond donors (Lipinski definition) is 1. The summed E-state index contributed by atoms with van der Waals surface area (Å²) in [6.07, 6.45) is 2.75. The molecule has 2 atom stereocenters. The highest BCUT2D eigenvalue weighted by atomic mass is 35.5. The van der Waals surface area contributed by atoms with Gasteiger partial charge in [-0.2, -0.15) is 0 Å². The summed E-state index contributed by atoms with van der Waals surface area (Å²) in [5.41, 5.74) is 0. The molecule has 0 saturated carbocycles. The number of nitrogens with zero attached hydrogens (tertiary/aromatic N) is 1. The Balaban J connectivity index is 0.00000133. The van der Waals surface area contributed by atoms with Crippen LogP contribution in [0, 0.1) is 11.8 Å². The number of aryl methyl sites for hydroxylation is 1. The van der Waals surface area contributed by atoms with Crippen LogP contribution < -0.4 is 5.32 Å². The van der Waals surface area contributed by atoms with E-state index in [0.29, 0.717) is 24.2 Å². The minimum absolute atomic E-state index is 0. The second-order valence-electron chi connectivity index (χ2n) is 5.41. The number of carbonyl (C=O) groups excluding carboxylic acids is 1. The fraction of sp³-hybridized carbons (Fsp3) is 0.643. The molecule has 5 heteroatoms. The lowest BCUT2D eigenvalue weighted by Gasteiger charge is -2.17. The first-order valence-corrected chi connectivity index (χ1v) is 7.72. The van der Waals surface area contributed by atoms with Gasteiger partial charge >= 0.3 is 0 Å². The van der Waals surface area contributed by atoms with Crippen LogP contribution in [-0.2, 0) is 11.2 Å². The second-order valence-corrected chi connectivity index (χ2v) is 6.44. The van der Waals surface area contributed by atoms with E-state index >= 15 is 0 Å². The minimum atomic E-state index is 0. The lowest BCUT2D eigenvalue weighted by Crippen LogP contribution is -2.31. The Hall–Kier alpha value is -0.580. The van der Waals surface area contributed by atoms with Crippen molar-refractivity contribution in [2.45, 2.75) is 19.3 Å². The van der Waals surface area contributed by atoms with E-state index in [2.05, 4.69) is 27.7 Å². The summed E-state index contributed by atoms with van der Waals surface area (Å²) in [7, 11) is 0. The van der Waals surface area contributed by atoms with Crippen LogP contribution >= 0.6 is 23.7 Å². The Morgan fingerprint density at radius 2 is 2.11 bits per heavy atom. The third-order valence-corrected chi connectivity index (χ3v) is 5.07. The molecule has 106 valence electrons. The molecule has 1 aromatic rings. The standard InChI is InChI=1S/C14H20N2OS.ClH/c17-14(5-1-3-13-4-2-6-18-13)16-9-11-7-15-8-12(11)10-16;/h2,4,6,11-12,15H,1,3,5,7-10H2;1H/t11-,12+;. The molecule has 3 heterocycles. The average Bonchev–Trinajstić information content (AvgIpc) is 3.04. The van der Waals surface area contributed by atoms with Crippen LogP contribution in [0.2, 0.25) is 0 Å². The van der Waals surface area contributed by atoms with E-state index in [9.17, 15) is 4.79 Å². The molecular weight excluding hydrogens is 280 g/mol. The highest BCUT2D eigenvalue weighted by Gasteiger charge is 2.37. The normalized spacial score (nSPS) is 25.2. The molecule has 0 aromatic carbocycles. The lowest BCUT2D eigenvalue weighted by molar-refractivity contribution is -0.130. The summed E-state index contributed by atoms with van der Waals surface area (Å²) in [5, 5.41) is 5.51. The highest BCUT2D eigenvalue weighted by Crippen LogP contribution is 2.26. The van der Waals surface area contributed by atoms with Crippen molar-refractivity contribution in [2.24, 2.45) is 11.8 Å². The van der Waals surface area contributed by atoms with E-state index in [1.165, 1.54) is 4.88 Å². The summed E-state index contributed by atoms with van der Waals surface area (Å²) in [6, 6.07) is 4.23. The van der Waals surface area contributed by atoms with Crippen molar-refractivity contribution in [1.29, 1.82) is 0 Å². The first-order chi connectivity index (χ1) is 8.83. The maximum absolute atomic E-state index is 12.1. The summed E-state index contributed by atoms with van der Waals surface area (Å²) in [4.78, 5) is 15.6. The fourth-order valence-corrected chi connectivity index (χ4v) is 3.84. The van der Waals surface area contributed by atoms with Crippen LogP contribution in [0.5, 0.6) is 0 Å². The Morgan fingerprint density at radius 1 is 1.37 bits per heavy atom. The predicted molar refractivity (Wildman–Crippen MR) is 80.9 cm³/mol. The van der Waals surface area contributed by atoms with Gasteiger partial charge in [0.1, 0.15) is 0 Å². The summed E-state index contributed by atoms with van der Waals surface area (Å²) < 4.78 is 0. The SMILES string of the molecule is Cl.O=C(CCCc1cccs1)N1C[C@H]2CNC[C@H]2C1. The second kappa shape index (κ2) is 6.73. The monoisotopic (exact) mass is 300 g/mol. The van der Waals surface area contributed by atoms with E-state index in [-0.39, 0.29) is 12.4 Å². The third kappa shape index (κ3) is 3.50. The molecule has 2 fully saturated rings. The molecule has 2 aliphatic heterocycles. The molecule has 19 heavy (non-hydrogen) atoms. The number of amides is 1. The zero-order chi connectivity index (χ0) is 12.4. The van der Waals surface area contributed by atoms with Gasteiger partial charge in [0.25, 0.3) is 0 Å². The Kier molecular flexibility index (Phi) is 5.25. The van der Waals surface area contributed by atoms with Gasteiger partial charge in [-0.15, -0.1) is 23.7 Å². The van der Waals surface area contributed by atoms with E-state index in [4.69, 9.17) is 0 Å². The maximum atomic E-state index is 12.1. The number of hydrogen-bond acceptors (Lipinski definition) is 3. The molecule has 2 aliphatic rings. The largest absolute Gasteiger partial charge is 0.342 e. The lowest BCUT2D eigenvalue weighted by atomic mass is 10.0. The molecule has 1 amide bonds. The van der Waals surface area contributed by atoms with Crippen LogP contribution in [0.25, 0.3) is 0 Å². The minimum Gasteiger partial charge on any atom is -0.342 e. The maximum Gasteiger partial charge on any atom is 0.222 e. The quantitative estimate of drug-likeness (QED) is 0.924. The number of rotatable bonds is 4. The van der Waals surface area contributed by atoms with Gasteiger partial charge in [-0.3, -0.25) is 4.79 Å². The van der Waals surface area contributed by atoms with Crippen molar-refractivity contribution >= 4 is 29.7 Å². The van der Waals surface area contributed by atoms with E-state index in [1.54, 1.807) is 11.3 Å². The van der Waals surface area contributed by atoms with Crippen molar-refractivity contribution in [3.05, 3.63) is 22.4 Å². The Labute approximate surface area is 124 Å². The fourth-order valence-electron chi connectivity index (χ4n) is 3.09. The van der Waals surface area contributed by atoms with Crippen molar-refractivity contribution in [1.82, 2.24) is 10.2 Å². The molecule has 0 aliphatic carbocycles. The van der Waals surface area contributed by atoms with Crippen molar-refractivity contribution in [2.75, 3.05) is 26.2 Å². The molecule has 3 nitrogen and oxygen atoms in total. The number of likely N-dealkylation sites (tertiary alicyclic amines) is 1. The third-order valence-electron chi connectivity index (χ3n) is 4.14. The summed E-state index contributed by atoms with van der Waals surface area (Å²) in [6.45, 7) is 4.16. The van der Waals surface area contributed by atoms with Gasteiger partial charge in [0.15, 0.2) is 0 Å². The Morgan fingerprint density at radius 3 is 2.74 bits per heavy atom. The van der Waals surface area contributed by atoms with Crippen LogP contribution in [0.1, 0.15) is 17.7 Å². The van der Waals surface area contributed by atoms with Gasteiger partial charge < -0.3 is 10.2 Å². The van der Waals surface area contributed by atoms with Gasteiger partial charge in [0.05, 0.1) is 0 Å². The van der Waals surface area contributed by atoms with Gasteiger partial charge in [0, 0.05) is 37.5 Å². The van der Waals surface area contributed by atoms with E-state index in [1.807, 2.05) is 0 Å². The van der Waals surface area contributed by atoms with Gasteiger partial charge in [-0.05, 0) is 36.1 Å². The molecule has 2 saturated heterocycles. The zero-order valence-electron chi connectivity index (χ0n) is 11.0. The van der Waals surface area contributed by atoms with E-state index in [0.717, 1.165) is 39.0 Å². The van der Waals surface area contributed by atoms with Crippen LogP contribution in [0.4, 0.5) is 0 Å². The molecule has 1 aromatic heterocycles. The Bertz CT molecular complexity index is 398. The van der Waals surface area contributed by atoms with Crippen molar-refractivity contribution in [3.63, 3.8) is 0 Å². The van der Waals surface area contributed by atoms with Crippen LogP contribution in [0.15, 0.2) is 17.5 Å². The molecule has 3 rings (SSSR count). The molecule has 0 spiro atoms. The molecular formula is C14H21ClN2OS. The smallest absolute Gasteiger partial charge is 0.222 e. The molecule has 1 N–H and O–H groups in total. The zero-order valence-corrected chi connectivity index (χ0v) is 12.6. The van der Waals surface area contributed by atoms with E-state index < -0.39 is 0 Å². The van der Waals surface area contributed by atoms with Crippen LogP contribution in [0.3, 0.4) is 0 Å². The van der Waals surface area contributed by atoms with Gasteiger partial charge in [0.2, 0.25) is 5.91 Å². The first-order valence-electron chi connectivity index (χ1n) is 6.84. The van der Waals surface area contributed by atoms with Crippen molar-refractivity contribution < 1.29 is 4.79 Å². The predicted octanol–water partition coefficient (Wildman–Crippen LogP) is 2.17. The highest BCUT2D eigenvalue weighted by molar-refractivity contribution is 7.09. The first kappa shape index (κ1) is 14.8. The topological polar surface area (TPSA) is 32.3 Å². The number of carbonyl (C=O) groups is 1. The molecule has 0 radical (unpaired) electrons. The summed E-state index contributed by atoms with van der Waals surface area (Å²) >= 11 is 1.79.